The molecule has 0 saturated carbocycles. The van der Waals surface area contributed by atoms with Crippen LogP contribution >= 0.6 is 23.1 Å². The van der Waals surface area contributed by atoms with Gasteiger partial charge in [0.15, 0.2) is 5.82 Å². The molecule has 0 unspecified atom stereocenters. The first kappa shape index (κ1) is 14.3. The highest BCUT2D eigenvalue weighted by Crippen LogP contribution is 2.28. The molecule has 3 aromatic heterocycles. The second-order valence-electron chi connectivity index (χ2n) is 5.40. The Balaban J connectivity index is 1.64. The molecular formula is C13H14N4O2S2. The van der Waals surface area contributed by atoms with E-state index in [0.717, 1.165) is 4.88 Å². The molecule has 3 aromatic rings. The lowest BCUT2D eigenvalue weighted by atomic mass is 9.97. The zero-order valence-electron chi connectivity index (χ0n) is 11.9. The second kappa shape index (κ2) is 5.61. The lowest BCUT2D eigenvalue weighted by molar-refractivity contribution is 0.319. The summed E-state index contributed by atoms with van der Waals surface area (Å²) in [5, 5.41) is 14.5. The van der Waals surface area contributed by atoms with E-state index in [4.69, 9.17) is 8.94 Å². The highest BCUT2D eigenvalue weighted by atomic mass is 32.2. The molecular weight excluding hydrogens is 308 g/mol. The first-order valence-corrected chi connectivity index (χ1v) is 8.22. The Labute approximate surface area is 130 Å². The minimum absolute atomic E-state index is 0.146. The summed E-state index contributed by atoms with van der Waals surface area (Å²) in [5.74, 6) is 2.32. The topological polar surface area (TPSA) is 77.8 Å². The van der Waals surface area contributed by atoms with E-state index in [-0.39, 0.29) is 5.41 Å². The molecule has 110 valence electrons. The maximum Gasteiger partial charge on any atom is 0.277 e. The lowest BCUT2D eigenvalue weighted by Crippen LogP contribution is -2.11. The number of nitrogens with zero attached hydrogens (tertiary/aromatic N) is 4. The molecule has 0 saturated heterocycles. The van der Waals surface area contributed by atoms with Crippen molar-refractivity contribution in [2.45, 2.75) is 37.2 Å². The molecule has 0 radical (unpaired) electrons. The Morgan fingerprint density at radius 1 is 1.29 bits per heavy atom. The number of rotatable bonds is 4. The summed E-state index contributed by atoms with van der Waals surface area (Å²) in [5.41, 5.74) is -0.146. The third kappa shape index (κ3) is 3.33. The van der Waals surface area contributed by atoms with Crippen molar-refractivity contribution in [2.75, 3.05) is 0 Å². The Bertz CT molecular complexity index is 713. The Morgan fingerprint density at radius 2 is 2.14 bits per heavy atom. The zero-order valence-corrected chi connectivity index (χ0v) is 13.5. The van der Waals surface area contributed by atoms with Crippen LogP contribution in [0.2, 0.25) is 0 Å². The highest BCUT2D eigenvalue weighted by molar-refractivity contribution is 7.98. The molecule has 0 fully saturated rings. The Hall–Kier alpha value is -1.67. The van der Waals surface area contributed by atoms with Crippen LogP contribution in [0.25, 0.3) is 10.8 Å². The van der Waals surface area contributed by atoms with Gasteiger partial charge in [-0.2, -0.15) is 4.98 Å². The number of aromatic nitrogens is 4. The van der Waals surface area contributed by atoms with Crippen molar-refractivity contribution in [3.63, 3.8) is 0 Å². The molecule has 21 heavy (non-hydrogen) atoms. The van der Waals surface area contributed by atoms with E-state index >= 15 is 0 Å². The fourth-order valence-electron chi connectivity index (χ4n) is 1.51. The first-order chi connectivity index (χ1) is 10.0. The van der Waals surface area contributed by atoms with Gasteiger partial charge >= 0.3 is 0 Å². The SMILES string of the molecule is CC(C)(C)c1nc(CSc2nnc(-c3cccs3)o2)no1. The van der Waals surface area contributed by atoms with E-state index < -0.39 is 0 Å². The normalized spacial score (nSPS) is 12.0. The van der Waals surface area contributed by atoms with Gasteiger partial charge in [-0.25, -0.2) is 0 Å². The largest absolute Gasteiger partial charge is 0.410 e. The van der Waals surface area contributed by atoms with Crippen LogP contribution in [0.1, 0.15) is 32.5 Å². The molecule has 0 aliphatic carbocycles. The molecule has 0 spiro atoms. The quantitative estimate of drug-likeness (QED) is 0.676. The Morgan fingerprint density at radius 3 is 2.81 bits per heavy atom. The van der Waals surface area contributed by atoms with Gasteiger partial charge < -0.3 is 8.94 Å². The summed E-state index contributed by atoms with van der Waals surface area (Å²) in [7, 11) is 0. The molecule has 0 aliphatic heterocycles. The summed E-state index contributed by atoms with van der Waals surface area (Å²) in [6.07, 6.45) is 0. The van der Waals surface area contributed by atoms with Gasteiger partial charge in [0.1, 0.15) is 0 Å². The van der Waals surface area contributed by atoms with Crippen LogP contribution in [-0.4, -0.2) is 20.3 Å². The third-order valence-electron chi connectivity index (χ3n) is 2.57. The van der Waals surface area contributed by atoms with E-state index in [1.165, 1.54) is 11.8 Å². The number of thiophene rings is 1. The van der Waals surface area contributed by atoms with E-state index in [9.17, 15) is 0 Å². The molecule has 6 nitrogen and oxygen atoms in total. The van der Waals surface area contributed by atoms with Gasteiger partial charge in [0, 0.05) is 5.41 Å². The summed E-state index contributed by atoms with van der Waals surface area (Å²) < 4.78 is 10.8. The molecule has 0 amide bonds. The molecule has 0 bridgehead atoms. The van der Waals surface area contributed by atoms with Gasteiger partial charge in [-0.15, -0.1) is 21.5 Å². The first-order valence-electron chi connectivity index (χ1n) is 6.35. The molecule has 3 heterocycles. The van der Waals surface area contributed by atoms with E-state index in [2.05, 4.69) is 20.3 Å². The lowest BCUT2D eigenvalue weighted by Gasteiger charge is -2.10. The standard InChI is InChI=1S/C13H14N4O2S2/c1-13(2,3)11-14-9(17-19-11)7-21-12-16-15-10(18-12)8-5-4-6-20-8/h4-6H,7H2,1-3H3. The summed E-state index contributed by atoms with van der Waals surface area (Å²) in [6, 6.07) is 3.89. The van der Waals surface area contributed by atoms with Crippen LogP contribution in [0.5, 0.6) is 0 Å². The van der Waals surface area contributed by atoms with Crippen LogP contribution in [0, 0.1) is 0 Å². The van der Waals surface area contributed by atoms with Gasteiger partial charge in [-0.1, -0.05) is 43.8 Å². The van der Waals surface area contributed by atoms with Crippen molar-refractivity contribution in [1.29, 1.82) is 0 Å². The van der Waals surface area contributed by atoms with E-state index in [1.54, 1.807) is 11.3 Å². The molecule has 0 atom stereocenters. The minimum Gasteiger partial charge on any atom is -0.410 e. The van der Waals surface area contributed by atoms with Crippen molar-refractivity contribution >= 4 is 23.1 Å². The van der Waals surface area contributed by atoms with Gasteiger partial charge in [0.2, 0.25) is 5.89 Å². The molecule has 0 aromatic carbocycles. The van der Waals surface area contributed by atoms with Crippen molar-refractivity contribution in [1.82, 2.24) is 20.3 Å². The molecule has 0 aliphatic rings. The molecule has 8 heteroatoms. The smallest absolute Gasteiger partial charge is 0.277 e. The fraction of sp³-hybridized carbons (Fsp3) is 0.385. The number of hydrogen-bond acceptors (Lipinski definition) is 8. The van der Waals surface area contributed by atoms with Crippen LogP contribution < -0.4 is 0 Å². The number of hydrogen-bond donors (Lipinski definition) is 0. The maximum atomic E-state index is 5.59. The average Bonchev–Trinajstić information content (AvgIpc) is 3.16. The van der Waals surface area contributed by atoms with Gasteiger partial charge in [0.05, 0.1) is 10.6 Å². The minimum atomic E-state index is -0.146. The van der Waals surface area contributed by atoms with Crippen LogP contribution in [0.4, 0.5) is 0 Å². The average molecular weight is 322 g/mol. The highest BCUT2D eigenvalue weighted by Gasteiger charge is 2.22. The van der Waals surface area contributed by atoms with Gasteiger partial charge in [-0.3, -0.25) is 0 Å². The van der Waals surface area contributed by atoms with E-state index in [0.29, 0.717) is 28.6 Å². The molecule has 3 rings (SSSR count). The van der Waals surface area contributed by atoms with Gasteiger partial charge in [-0.05, 0) is 11.4 Å². The monoisotopic (exact) mass is 322 g/mol. The fourth-order valence-corrected chi connectivity index (χ4v) is 2.76. The summed E-state index contributed by atoms with van der Waals surface area (Å²) in [6.45, 7) is 6.09. The maximum absolute atomic E-state index is 5.59. The van der Waals surface area contributed by atoms with Gasteiger partial charge in [0.25, 0.3) is 11.1 Å². The Kier molecular flexibility index (Phi) is 3.81. The van der Waals surface area contributed by atoms with Crippen molar-refractivity contribution in [3.05, 3.63) is 29.2 Å². The summed E-state index contributed by atoms with van der Waals surface area (Å²) >= 11 is 2.96. The second-order valence-corrected chi connectivity index (χ2v) is 7.28. The van der Waals surface area contributed by atoms with Crippen molar-refractivity contribution in [2.24, 2.45) is 0 Å². The third-order valence-corrected chi connectivity index (χ3v) is 4.25. The van der Waals surface area contributed by atoms with Crippen LogP contribution in [-0.2, 0) is 11.2 Å². The van der Waals surface area contributed by atoms with Crippen molar-refractivity contribution < 1.29 is 8.94 Å². The van der Waals surface area contributed by atoms with Crippen LogP contribution in [0.3, 0.4) is 0 Å². The zero-order chi connectivity index (χ0) is 14.9. The van der Waals surface area contributed by atoms with Crippen molar-refractivity contribution in [3.8, 4) is 10.8 Å². The predicted octanol–water partition coefficient (Wildman–Crippen LogP) is 3.77. The summed E-state index contributed by atoms with van der Waals surface area (Å²) in [4.78, 5) is 5.33. The van der Waals surface area contributed by atoms with E-state index in [1.807, 2.05) is 38.3 Å². The van der Waals surface area contributed by atoms with Crippen LogP contribution in [0.15, 0.2) is 31.7 Å². The number of thioether (sulfide) groups is 1. The predicted molar refractivity (Wildman–Crippen MR) is 80.2 cm³/mol. The molecule has 0 N–H and O–H groups in total.